The highest BCUT2D eigenvalue weighted by Crippen LogP contribution is 2.35. The second kappa shape index (κ2) is 4.17. The first-order valence-electron chi connectivity index (χ1n) is 7.20. The number of hydrogen-bond donors (Lipinski definition) is 0. The fourth-order valence-electron chi connectivity index (χ4n) is 3.46. The largest absolute Gasteiger partial charge is 0.255 e. The van der Waals surface area contributed by atoms with E-state index in [0.717, 1.165) is 18.5 Å². The Morgan fingerprint density at radius 2 is 1.65 bits per heavy atom. The van der Waals surface area contributed by atoms with Crippen molar-refractivity contribution in [2.24, 2.45) is 0 Å². The molecular formula is C19H17N. The topological polar surface area (TPSA) is 12.9 Å². The smallest absolute Gasteiger partial charge is 0.0780 e. The van der Waals surface area contributed by atoms with Gasteiger partial charge in [0.25, 0.3) is 0 Å². The molecule has 20 heavy (non-hydrogen) atoms. The zero-order valence-electron chi connectivity index (χ0n) is 11.9. The van der Waals surface area contributed by atoms with Crippen molar-refractivity contribution in [1.82, 2.24) is 4.98 Å². The first-order valence-corrected chi connectivity index (χ1v) is 7.20. The lowest BCUT2D eigenvalue weighted by Crippen LogP contribution is -1.90. The Morgan fingerprint density at radius 3 is 2.45 bits per heavy atom. The quantitative estimate of drug-likeness (QED) is 0.621. The molecule has 2 aromatic carbocycles. The molecule has 3 aromatic rings. The van der Waals surface area contributed by atoms with Gasteiger partial charge in [-0.15, -0.1) is 0 Å². The number of hydrogen-bond acceptors (Lipinski definition) is 1. The average molecular weight is 259 g/mol. The molecule has 0 N–H and O–H groups in total. The summed E-state index contributed by atoms with van der Waals surface area (Å²) >= 11 is 0. The maximum absolute atomic E-state index is 4.76. The molecule has 0 bridgehead atoms. The van der Waals surface area contributed by atoms with Crippen LogP contribution in [0, 0.1) is 13.8 Å². The molecule has 0 amide bonds. The van der Waals surface area contributed by atoms with E-state index in [1.807, 2.05) is 0 Å². The molecule has 0 spiro atoms. The minimum absolute atomic E-state index is 1.12. The zero-order valence-corrected chi connectivity index (χ0v) is 11.9. The number of rotatable bonds is 1. The SMILES string of the molecule is Cc1cc(C)cc(-c2ncc3c4c(cccc24)CC3)c1. The molecule has 4 rings (SSSR count). The summed E-state index contributed by atoms with van der Waals surface area (Å²) in [6.45, 7) is 4.30. The van der Waals surface area contributed by atoms with E-state index >= 15 is 0 Å². The highest BCUT2D eigenvalue weighted by atomic mass is 14.7. The van der Waals surface area contributed by atoms with Gasteiger partial charge in [0.05, 0.1) is 5.69 Å². The first kappa shape index (κ1) is 11.7. The van der Waals surface area contributed by atoms with E-state index in [4.69, 9.17) is 4.98 Å². The lowest BCUT2D eigenvalue weighted by molar-refractivity contribution is 1.02. The normalized spacial score (nSPS) is 13.1. The van der Waals surface area contributed by atoms with Gasteiger partial charge in [0.1, 0.15) is 0 Å². The fraction of sp³-hybridized carbons (Fsp3) is 0.211. The molecule has 1 aromatic heterocycles. The molecule has 1 aliphatic carbocycles. The van der Waals surface area contributed by atoms with Gasteiger partial charge in [-0.25, -0.2) is 0 Å². The van der Waals surface area contributed by atoms with E-state index in [9.17, 15) is 0 Å². The molecule has 1 nitrogen and oxygen atoms in total. The Hall–Kier alpha value is -2.15. The van der Waals surface area contributed by atoms with Gasteiger partial charge in [-0.05, 0) is 55.3 Å². The van der Waals surface area contributed by atoms with Crippen LogP contribution in [0.25, 0.3) is 22.0 Å². The summed E-state index contributed by atoms with van der Waals surface area (Å²) < 4.78 is 0. The lowest BCUT2D eigenvalue weighted by Gasteiger charge is -2.10. The van der Waals surface area contributed by atoms with Gasteiger partial charge in [0, 0.05) is 17.1 Å². The molecule has 98 valence electrons. The van der Waals surface area contributed by atoms with Crippen molar-refractivity contribution in [3.05, 3.63) is 64.8 Å². The molecule has 0 aliphatic heterocycles. The van der Waals surface area contributed by atoms with Crippen molar-refractivity contribution in [1.29, 1.82) is 0 Å². The van der Waals surface area contributed by atoms with E-state index in [1.165, 1.54) is 38.6 Å². The van der Waals surface area contributed by atoms with Gasteiger partial charge in [-0.3, -0.25) is 4.98 Å². The summed E-state index contributed by atoms with van der Waals surface area (Å²) in [5, 5.41) is 2.75. The standard InChI is InChI=1S/C19H17N/c1-12-8-13(2)10-16(9-12)19-17-5-3-4-14-6-7-15(11-20-19)18(14)17/h3-5,8-11H,6-7H2,1-2H3. The van der Waals surface area contributed by atoms with Crippen molar-refractivity contribution in [2.75, 3.05) is 0 Å². The minimum atomic E-state index is 1.12. The predicted molar refractivity (Wildman–Crippen MR) is 84.1 cm³/mol. The van der Waals surface area contributed by atoms with Crippen LogP contribution in [-0.4, -0.2) is 4.98 Å². The molecule has 0 radical (unpaired) electrons. The summed E-state index contributed by atoms with van der Waals surface area (Å²) in [7, 11) is 0. The van der Waals surface area contributed by atoms with E-state index in [2.05, 4.69) is 56.4 Å². The van der Waals surface area contributed by atoms with Crippen LogP contribution < -0.4 is 0 Å². The number of benzene rings is 2. The minimum Gasteiger partial charge on any atom is -0.255 e. The summed E-state index contributed by atoms with van der Waals surface area (Å²) in [5.41, 5.74) is 7.83. The van der Waals surface area contributed by atoms with Gasteiger partial charge >= 0.3 is 0 Å². The van der Waals surface area contributed by atoms with Crippen LogP contribution >= 0.6 is 0 Å². The monoisotopic (exact) mass is 259 g/mol. The summed E-state index contributed by atoms with van der Waals surface area (Å²) in [6.07, 6.45) is 4.37. The van der Waals surface area contributed by atoms with Gasteiger partial charge in [-0.1, -0.05) is 35.4 Å². The Morgan fingerprint density at radius 1 is 0.900 bits per heavy atom. The van der Waals surface area contributed by atoms with E-state index in [1.54, 1.807) is 0 Å². The lowest BCUT2D eigenvalue weighted by atomic mass is 9.98. The van der Waals surface area contributed by atoms with Crippen molar-refractivity contribution in [2.45, 2.75) is 26.7 Å². The highest BCUT2D eigenvalue weighted by Gasteiger charge is 2.17. The maximum atomic E-state index is 4.76. The van der Waals surface area contributed by atoms with Crippen molar-refractivity contribution >= 4 is 10.8 Å². The van der Waals surface area contributed by atoms with Crippen LogP contribution in [0.4, 0.5) is 0 Å². The van der Waals surface area contributed by atoms with Gasteiger partial charge in [0.15, 0.2) is 0 Å². The Bertz CT molecular complexity index is 800. The summed E-state index contributed by atoms with van der Waals surface area (Å²) in [5.74, 6) is 0. The molecule has 0 unspecified atom stereocenters. The van der Waals surface area contributed by atoms with Crippen molar-refractivity contribution in [3.8, 4) is 11.3 Å². The Labute approximate surface area is 119 Å². The van der Waals surface area contributed by atoms with Gasteiger partial charge in [-0.2, -0.15) is 0 Å². The molecule has 1 aliphatic rings. The number of pyridine rings is 1. The molecule has 0 atom stereocenters. The summed E-state index contributed by atoms with van der Waals surface area (Å²) in [4.78, 5) is 4.76. The number of aromatic nitrogens is 1. The van der Waals surface area contributed by atoms with E-state index in [-0.39, 0.29) is 0 Å². The Balaban J connectivity index is 2.06. The summed E-state index contributed by atoms with van der Waals surface area (Å²) in [6, 6.07) is 13.3. The number of nitrogens with zero attached hydrogens (tertiary/aromatic N) is 1. The van der Waals surface area contributed by atoms with Gasteiger partial charge in [0.2, 0.25) is 0 Å². The van der Waals surface area contributed by atoms with E-state index < -0.39 is 0 Å². The van der Waals surface area contributed by atoms with E-state index in [0.29, 0.717) is 0 Å². The molecule has 1 heterocycles. The molecule has 0 saturated heterocycles. The molecule has 0 fully saturated rings. The van der Waals surface area contributed by atoms with Crippen LogP contribution in [0.5, 0.6) is 0 Å². The Kier molecular flexibility index (Phi) is 2.43. The van der Waals surface area contributed by atoms with Crippen LogP contribution in [0.3, 0.4) is 0 Å². The number of aryl methyl sites for hydroxylation is 4. The molecule has 1 heteroatoms. The third kappa shape index (κ3) is 1.66. The fourth-order valence-corrected chi connectivity index (χ4v) is 3.46. The van der Waals surface area contributed by atoms with Crippen LogP contribution in [0.15, 0.2) is 42.6 Å². The van der Waals surface area contributed by atoms with Crippen molar-refractivity contribution < 1.29 is 0 Å². The van der Waals surface area contributed by atoms with Crippen molar-refractivity contribution in [3.63, 3.8) is 0 Å². The predicted octanol–water partition coefficient (Wildman–Crippen LogP) is 4.62. The second-order valence-corrected chi connectivity index (χ2v) is 5.85. The van der Waals surface area contributed by atoms with Crippen LogP contribution in [0.1, 0.15) is 22.3 Å². The first-order chi connectivity index (χ1) is 9.72. The maximum Gasteiger partial charge on any atom is 0.0780 e. The van der Waals surface area contributed by atoms with Crippen LogP contribution in [-0.2, 0) is 12.8 Å². The third-order valence-electron chi connectivity index (χ3n) is 4.24. The van der Waals surface area contributed by atoms with Crippen LogP contribution in [0.2, 0.25) is 0 Å². The third-order valence-corrected chi connectivity index (χ3v) is 4.24. The zero-order chi connectivity index (χ0) is 13.7. The average Bonchev–Trinajstić information content (AvgIpc) is 2.84. The second-order valence-electron chi connectivity index (χ2n) is 5.85. The molecule has 0 saturated carbocycles. The van der Waals surface area contributed by atoms with Gasteiger partial charge < -0.3 is 0 Å². The highest BCUT2D eigenvalue weighted by molar-refractivity contribution is 5.99. The molecular weight excluding hydrogens is 242 g/mol.